The minimum Gasteiger partial charge on any atom is -0.346 e. The zero-order chi connectivity index (χ0) is 14.8. The van der Waals surface area contributed by atoms with E-state index >= 15 is 0 Å². The van der Waals surface area contributed by atoms with E-state index in [1.807, 2.05) is 30.3 Å². The number of aromatic nitrogens is 1. The number of benzene rings is 2. The molecule has 1 aromatic heterocycles. The summed E-state index contributed by atoms with van der Waals surface area (Å²) in [6.45, 7) is 0.418. The molecule has 0 aliphatic heterocycles. The Labute approximate surface area is 144 Å². The fourth-order valence-electron chi connectivity index (χ4n) is 1.89. The van der Waals surface area contributed by atoms with Gasteiger partial charge in [-0.1, -0.05) is 23.7 Å². The molecule has 0 bridgehead atoms. The van der Waals surface area contributed by atoms with Crippen LogP contribution >= 0.6 is 45.5 Å². The molecule has 3 rings (SSSR count). The Morgan fingerprint density at radius 2 is 2.10 bits per heavy atom. The monoisotopic (exact) mass is 428 g/mol. The van der Waals surface area contributed by atoms with Gasteiger partial charge in [-0.05, 0) is 52.9 Å². The van der Waals surface area contributed by atoms with Crippen molar-refractivity contribution < 1.29 is 4.79 Å². The third kappa shape index (κ3) is 3.36. The van der Waals surface area contributed by atoms with E-state index < -0.39 is 0 Å². The van der Waals surface area contributed by atoms with Crippen molar-refractivity contribution in [1.82, 2.24) is 10.3 Å². The molecule has 6 heteroatoms. The number of carbonyl (C=O) groups is 1. The lowest BCUT2D eigenvalue weighted by molar-refractivity contribution is 0.0951. The van der Waals surface area contributed by atoms with Crippen molar-refractivity contribution in [2.24, 2.45) is 0 Å². The summed E-state index contributed by atoms with van der Waals surface area (Å²) in [6.07, 6.45) is 0. The Hall–Kier alpha value is -1.18. The molecule has 0 spiro atoms. The lowest BCUT2D eigenvalue weighted by atomic mass is 10.2. The maximum absolute atomic E-state index is 12.1. The summed E-state index contributed by atoms with van der Waals surface area (Å²) in [6, 6.07) is 13.2. The Kier molecular flexibility index (Phi) is 4.42. The zero-order valence-corrected chi connectivity index (χ0v) is 14.5. The first kappa shape index (κ1) is 14.7. The van der Waals surface area contributed by atoms with Crippen LogP contribution < -0.4 is 5.32 Å². The van der Waals surface area contributed by atoms with E-state index in [0.29, 0.717) is 17.1 Å². The van der Waals surface area contributed by atoms with E-state index in [0.717, 1.165) is 18.8 Å². The van der Waals surface area contributed by atoms with E-state index in [-0.39, 0.29) is 5.91 Å². The number of rotatable bonds is 3. The molecule has 0 atom stereocenters. The van der Waals surface area contributed by atoms with Crippen molar-refractivity contribution >= 4 is 61.7 Å². The second kappa shape index (κ2) is 6.29. The standard InChI is InChI=1S/C15H10ClIN2OS/c16-10-7-9(5-6-11(10)17)15(20)18-8-14-19-12-3-1-2-4-13(12)21-14/h1-7H,8H2,(H,18,20). The van der Waals surface area contributed by atoms with Crippen molar-refractivity contribution in [2.45, 2.75) is 6.54 Å². The number of hydrogen-bond donors (Lipinski definition) is 1. The van der Waals surface area contributed by atoms with Gasteiger partial charge in [-0.25, -0.2) is 4.98 Å². The van der Waals surface area contributed by atoms with Crippen LogP contribution in [-0.4, -0.2) is 10.9 Å². The molecular formula is C15H10ClIN2OS. The third-order valence-corrected chi connectivity index (χ3v) is 5.53. The highest BCUT2D eigenvalue weighted by Crippen LogP contribution is 2.22. The van der Waals surface area contributed by atoms with Gasteiger partial charge in [-0.2, -0.15) is 0 Å². The van der Waals surface area contributed by atoms with Gasteiger partial charge in [0.25, 0.3) is 5.91 Å². The molecule has 0 aliphatic rings. The Morgan fingerprint density at radius 3 is 2.86 bits per heavy atom. The Balaban J connectivity index is 1.71. The Morgan fingerprint density at radius 1 is 1.29 bits per heavy atom. The molecule has 1 N–H and O–H groups in total. The summed E-state index contributed by atoms with van der Waals surface area (Å²) in [5.74, 6) is -0.146. The zero-order valence-electron chi connectivity index (χ0n) is 10.8. The lowest BCUT2D eigenvalue weighted by Crippen LogP contribution is -2.22. The van der Waals surface area contributed by atoms with Gasteiger partial charge in [0.05, 0.1) is 21.8 Å². The Bertz CT molecular complexity index is 785. The summed E-state index contributed by atoms with van der Waals surface area (Å²) in [5.41, 5.74) is 1.52. The fraction of sp³-hybridized carbons (Fsp3) is 0.0667. The summed E-state index contributed by atoms with van der Waals surface area (Å²) >= 11 is 9.75. The number of amides is 1. The average Bonchev–Trinajstić information content (AvgIpc) is 2.90. The van der Waals surface area contributed by atoms with Crippen LogP contribution in [0.4, 0.5) is 0 Å². The van der Waals surface area contributed by atoms with Crippen molar-refractivity contribution in [1.29, 1.82) is 0 Å². The highest BCUT2D eigenvalue weighted by atomic mass is 127. The second-order valence-electron chi connectivity index (χ2n) is 4.39. The van der Waals surface area contributed by atoms with Crippen molar-refractivity contribution in [3.05, 3.63) is 61.6 Å². The van der Waals surface area contributed by atoms with Crippen LogP contribution in [0.1, 0.15) is 15.4 Å². The molecule has 0 fully saturated rings. The smallest absolute Gasteiger partial charge is 0.251 e. The van der Waals surface area contributed by atoms with Gasteiger partial charge in [-0.15, -0.1) is 11.3 Å². The maximum Gasteiger partial charge on any atom is 0.251 e. The van der Waals surface area contributed by atoms with Gasteiger partial charge < -0.3 is 5.32 Å². The summed E-state index contributed by atoms with van der Waals surface area (Å²) in [7, 11) is 0. The normalized spacial score (nSPS) is 10.8. The first-order chi connectivity index (χ1) is 10.1. The molecule has 3 nitrogen and oxygen atoms in total. The molecule has 21 heavy (non-hydrogen) atoms. The molecule has 2 aromatic carbocycles. The number of halogens is 2. The number of fused-ring (bicyclic) bond motifs is 1. The molecule has 0 radical (unpaired) electrons. The number of carbonyl (C=O) groups excluding carboxylic acids is 1. The lowest BCUT2D eigenvalue weighted by Gasteiger charge is -2.04. The summed E-state index contributed by atoms with van der Waals surface area (Å²) < 4.78 is 2.05. The van der Waals surface area contributed by atoms with Gasteiger partial charge in [0.15, 0.2) is 0 Å². The quantitative estimate of drug-likeness (QED) is 0.625. The molecule has 0 unspecified atom stereocenters. The third-order valence-electron chi connectivity index (χ3n) is 2.92. The number of hydrogen-bond acceptors (Lipinski definition) is 3. The maximum atomic E-state index is 12.1. The van der Waals surface area contributed by atoms with Crippen LogP contribution in [0.3, 0.4) is 0 Å². The number of nitrogens with one attached hydrogen (secondary N) is 1. The first-order valence-corrected chi connectivity index (χ1v) is 8.48. The largest absolute Gasteiger partial charge is 0.346 e. The van der Waals surface area contributed by atoms with Crippen molar-refractivity contribution in [2.75, 3.05) is 0 Å². The van der Waals surface area contributed by atoms with Crippen molar-refractivity contribution in [3.63, 3.8) is 0 Å². The van der Waals surface area contributed by atoms with Gasteiger partial charge in [0.1, 0.15) is 5.01 Å². The topological polar surface area (TPSA) is 42.0 Å². The summed E-state index contributed by atoms with van der Waals surface area (Å²) in [5, 5.41) is 4.35. The molecule has 0 saturated carbocycles. The molecule has 0 aliphatic carbocycles. The highest BCUT2D eigenvalue weighted by Gasteiger charge is 2.09. The SMILES string of the molecule is O=C(NCc1nc2ccccc2s1)c1ccc(I)c(Cl)c1. The van der Waals surface area contributed by atoms with Crippen LogP contribution in [0, 0.1) is 3.57 Å². The molecule has 106 valence electrons. The number of thiazole rings is 1. The highest BCUT2D eigenvalue weighted by molar-refractivity contribution is 14.1. The van der Waals surface area contributed by atoms with E-state index in [4.69, 9.17) is 11.6 Å². The average molecular weight is 429 g/mol. The van der Waals surface area contributed by atoms with Gasteiger partial charge in [0.2, 0.25) is 0 Å². The van der Waals surface area contributed by atoms with Crippen LogP contribution in [0.5, 0.6) is 0 Å². The van der Waals surface area contributed by atoms with E-state index in [2.05, 4.69) is 32.9 Å². The van der Waals surface area contributed by atoms with E-state index in [9.17, 15) is 4.79 Å². The molecule has 3 aromatic rings. The van der Waals surface area contributed by atoms with Crippen LogP contribution in [-0.2, 0) is 6.54 Å². The molecular weight excluding hydrogens is 419 g/mol. The second-order valence-corrected chi connectivity index (χ2v) is 7.07. The number of para-hydroxylation sites is 1. The van der Waals surface area contributed by atoms with Crippen LogP contribution in [0.15, 0.2) is 42.5 Å². The molecule has 1 heterocycles. The van der Waals surface area contributed by atoms with Crippen molar-refractivity contribution in [3.8, 4) is 0 Å². The number of nitrogens with zero attached hydrogens (tertiary/aromatic N) is 1. The van der Waals surface area contributed by atoms with Gasteiger partial charge >= 0.3 is 0 Å². The van der Waals surface area contributed by atoms with E-state index in [1.165, 1.54) is 0 Å². The summed E-state index contributed by atoms with van der Waals surface area (Å²) in [4.78, 5) is 16.6. The predicted molar refractivity (Wildman–Crippen MR) is 95.0 cm³/mol. The van der Waals surface area contributed by atoms with E-state index in [1.54, 1.807) is 23.5 Å². The fourth-order valence-corrected chi connectivity index (χ4v) is 3.31. The predicted octanol–water partition coefficient (Wildman–Crippen LogP) is 4.48. The van der Waals surface area contributed by atoms with Crippen LogP contribution in [0.2, 0.25) is 5.02 Å². The van der Waals surface area contributed by atoms with Gasteiger partial charge in [-0.3, -0.25) is 4.79 Å². The minimum absolute atomic E-state index is 0.146. The molecule has 0 saturated heterocycles. The van der Waals surface area contributed by atoms with Gasteiger partial charge in [0, 0.05) is 9.13 Å². The minimum atomic E-state index is -0.146. The molecule has 1 amide bonds. The first-order valence-electron chi connectivity index (χ1n) is 6.21. The van der Waals surface area contributed by atoms with Crippen LogP contribution in [0.25, 0.3) is 10.2 Å².